The van der Waals surface area contributed by atoms with Crippen molar-refractivity contribution in [1.29, 1.82) is 0 Å². The van der Waals surface area contributed by atoms with Crippen LogP contribution in [-0.2, 0) is 19.7 Å². The predicted molar refractivity (Wildman–Crippen MR) is 137 cm³/mol. The molecule has 2 nitrogen and oxygen atoms in total. The second-order valence-electron chi connectivity index (χ2n) is 8.26. The number of anilines is 1. The number of nitrogens with zero attached hydrogens (tertiary/aromatic N) is 1. The van der Waals surface area contributed by atoms with Crippen LogP contribution in [0.2, 0.25) is 0 Å². The van der Waals surface area contributed by atoms with Crippen LogP contribution < -0.4 is 9.64 Å². The van der Waals surface area contributed by atoms with Crippen LogP contribution in [0.3, 0.4) is 0 Å². The van der Waals surface area contributed by atoms with Gasteiger partial charge in [0.1, 0.15) is 12.4 Å². The largest absolute Gasteiger partial charge is 0.489 e. The Kier molecular flexibility index (Phi) is 6.35. The molecule has 5 aromatic carbocycles. The average Bonchev–Trinajstić information content (AvgIpc) is 2.88. The highest BCUT2D eigenvalue weighted by molar-refractivity contribution is 5.95. The average molecular weight is 430 g/mol. The molecule has 0 N–H and O–H groups in total. The number of hydrogen-bond donors (Lipinski definition) is 0. The standard InChI is InChI=1S/C31H27NO/c1-4-11-25(12-5-1)22-32(23-26-13-6-2-7-14-26)31-18-10-17-28-19-20-29(21-30(28)31)33-24-27-15-8-3-9-16-27/h1-21H,22-24H2. The fourth-order valence-corrected chi connectivity index (χ4v) is 4.18. The van der Waals surface area contributed by atoms with Gasteiger partial charge in [-0.1, -0.05) is 109 Å². The van der Waals surface area contributed by atoms with Crippen molar-refractivity contribution in [2.75, 3.05) is 4.90 Å². The second kappa shape index (κ2) is 10.1. The molecular formula is C31H27NO. The highest BCUT2D eigenvalue weighted by atomic mass is 16.5. The Bertz CT molecular complexity index is 1260. The van der Waals surface area contributed by atoms with Crippen molar-refractivity contribution in [2.24, 2.45) is 0 Å². The lowest BCUT2D eigenvalue weighted by Gasteiger charge is -2.27. The number of ether oxygens (including phenoxy) is 1. The summed E-state index contributed by atoms with van der Waals surface area (Å²) in [4.78, 5) is 2.45. The van der Waals surface area contributed by atoms with E-state index in [1.165, 1.54) is 33.2 Å². The third-order valence-electron chi connectivity index (χ3n) is 5.85. The van der Waals surface area contributed by atoms with Crippen molar-refractivity contribution in [3.05, 3.63) is 144 Å². The van der Waals surface area contributed by atoms with E-state index in [1.807, 2.05) is 18.2 Å². The zero-order valence-corrected chi connectivity index (χ0v) is 18.6. The molecule has 0 aromatic heterocycles. The lowest BCUT2D eigenvalue weighted by Crippen LogP contribution is -2.22. The summed E-state index contributed by atoms with van der Waals surface area (Å²) in [6.45, 7) is 2.24. The lowest BCUT2D eigenvalue weighted by atomic mass is 10.1. The molecule has 0 amide bonds. The fraction of sp³-hybridized carbons (Fsp3) is 0.0968. The van der Waals surface area contributed by atoms with E-state index in [9.17, 15) is 0 Å². The topological polar surface area (TPSA) is 12.5 Å². The van der Waals surface area contributed by atoms with Crippen molar-refractivity contribution in [3.8, 4) is 5.75 Å². The normalized spacial score (nSPS) is 10.8. The van der Waals surface area contributed by atoms with Gasteiger partial charge in [0.15, 0.2) is 0 Å². The molecule has 0 aliphatic heterocycles. The molecule has 2 heteroatoms. The third-order valence-corrected chi connectivity index (χ3v) is 5.85. The predicted octanol–water partition coefficient (Wildman–Crippen LogP) is 7.63. The Labute approximate surface area is 195 Å². The molecule has 5 rings (SSSR count). The summed E-state index contributed by atoms with van der Waals surface area (Å²) in [6, 6.07) is 44.6. The molecule has 33 heavy (non-hydrogen) atoms. The molecule has 0 saturated heterocycles. The SMILES string of the molecule is c1ccc(COc2ccc3cccc(N(Cc4ccccc4)Cc4ccccc4)c3c2)cc1. The van der Waals surface area contributed by atoms with Crippen LogP contribution in [-0.4, -0.2) is 0 Å². The van der Waals surface area contributed by atoms with Gasteiger partial charge in [-0.15, -0.1) is 0 Å². The van der Waals surface area contributed by atoms with Crippen LogP contribution in [0.25, 0.3) is 10.8 Å². The summed E-state index contributed by atoms with van der Waals surface area (Å²) in [7, 11) is 0. The summed E-state index contributed by atoms with van der Waals surface area (Å²) in [5, 5.41) is 2.42. The summed E-state index contributed by atoms with van der Waals surface area (Å²) in [5.41, 5.74) is 4.97. The van der Waals surface area contributed by atoms with Crippen molar-refractivity contribution in [3.63, 3.8) is 0 Å². The van der Waals surface area contributed by atoms with E-state index in [0.717, 1.165) is 18.8 Å². The van der Waals surface area contributed by atoms with Gasteiger partial charge in [-0.25, -0.2) is 0 Å². The summed E-state index contributed by atoms with van der Waals surface area (Å²) < 4.78 is 6.15. The summed E-state index contributed by atoms with van der Waals surface area (Å²) in [5.74, 6) is 0.887. The van der Waals surface area contributed by atoms with Gasteiger partial charge in [0, 0.05) is 24.2 Å². The Morgan fingerprint density at radius 3 is 1.70 bits per heavy atom. The van der Waals surface area contributed by atoms with Gasteiger partial charge in [-0.05, 0) is 40.3 Å². The van der Waals surface area contributed by atoms with E-state index in [0.29, 0.717) is 6.61 Å². The van der Waals surface area contributed by atoms with E-state index >= 15 is 0 Å². The zero-order valence-electron chi connectivity index (χ0n) is 18.6. The first-order valence-electron chi connectivity index (χ1n) is 11.4. The van der Waals surface area contributed by atoms with Gasteiger partial charge in [-0.3, -0.25) is 0 Å². The smallest absolute Gasteiger partial charge is 0.120 e. The first-order valence-corrected chi connectivity index (χ1v) is 11.4. The molecule has 0 aliphatic carbocycles. The molecule has 0 radical (unpaired) electrons. The van der Waals surface area contributed by atoms with Crippen LogP contribution in [0.4, 0.5) is 5.69 Å². The lowest BCUT2D eigenvalue weighted by molar-refractivity contribution is 0.306. The minimum atomic E-state index is 0.562. The number of benzene rings is 5. The maximum absolute atomic E-state index is 6.15. The van der Waals surface area contributed by atoms with Crippen LogP contribution in [0.15, 0.2) is 127 Å². The number of fused-ring (bicyclic) bond motifs is 1. The minimum absolute atomic E-state index is 0.562. The molecule has 0 spiro atoms. The highest BCUT2D eigenvalue weighted by Crippen LogP contribution is 2.32. The molecule has 0 bridgehead atoms. The summed E-state index contributed by atoms with van der Waals surface area (Å²) >= 11 is 0. The van der Waals surface area contributed by atoms with Gasteiger partial charge in [0.2, 0.25) is 0 Å². The quantitative estimate of drug-likeness (QED) is 0.251. The van der Waals surface area contributed by atoms with E-state index < -0.39 is 0 Å². The van der Waals surface area contributed by atoms with Crippen molar-refractivity contribution >= 4 is 16.5 Å². The Morgan fingerprint density at radius 1 is 0.515 bits per heavy atom. The first kappa shape index (κ1) is 20.8. The Hall–Kier alpha value is -4.04. The molecule has 5 aromatic rings. The first-order chi connectivity index (χ1) is 16.3. The Morgan fingerprint density at radius 2 is 1.09 bits per heavy atom. The molecule has 162 valence electrons. The van der Waals surface area contributed by atoms with Crippen LogP contribution in [0, 0.1) is 0 Å². The van der Waals surface area contributed by atoms with Gasteiger partial charge in [-0.2, -0.15) is 0 Å². The second-order valence-corrected chi connectivity index (χ2v) is 8.26. The molecule has 0 atom stereocenters. The van der Waals surface area contributed by atoms with Crippen molar-refractivity contribution < 1.29 is 4.74 Å². The van der Waals surface area contributed by atoms with Gasteiger partial charge >= 0.3 is 0 Å². The molecule has 0 fully saturated rings. The van der Waals surface area contributed by atoms with Crippen molar-refractivity contribution in [2.45, 2.75) is 19.7 Å². The van der Waals surface area contributed by atoms with Gasteiger partial charge in [0.05, 0.1) is 0 Å². The van der Waals surface area contributed by atoms with Gasteiger partial charge < -0.3 is 9.64 Å². The van der Waals surface area contributed by atoms with E-state index in [2.05, 4.69) is 114 Å². The molecule has 0 saturated carbocycles. The molecular weight excluding hydrogens is 402 g/mol. The molecule has 0 aliphatic rings. The van der Waals surface area contributed by atoms with Crippen LogP contribution >= 0.6 is 0 Å². The van der Waals surface area contributed by atoms with Crippen LogP contribution in [0.5, 0.6) is 5.75 Å². The van der Waals surface area contributed by atoms with E-state index in [1.54, 1.807) is 0 Å². The summed E-state index contributed by atoms with van der Waals surface area (Å²) in [6.07, 6.45) is 0. The van der Waals surface area contributed by atoms with Crippen molar-refractivity contribution in [1.82, 2.24) is 0 Å². The molecule has 0 unspecified atom stereocenters. The maximum atomic E-state index is 6.15. The fourth-order valence-electron chi connectivity index (χ4n) is 4.18. The van der Waals surface area contributed by atoms with E-state index in [4.69, 9.17) is 4.74 Å². The van der Waals surface area contributed by atoms with E-state index in [-0.39, 0.29) is 0 Å². The number of rotatable bonds is 8. The Balaban J connectivity index is 1.49. The number of hydrogen-bond acceptors (Lipinski definition) is 2. The highest BCUT2D eigenvalue weighted by Gasteiger charge is 2.13. The minimum Gasteiger partial charge on any atom is -0.489 e. The van der Waals surface area contributed by atoms with Gasteiger partial charge in [0.25, 0.3) is 0 Å². The third kappa shape index (κ3) is 5.24. The molecule has 0 heterocycles. The zero-order chi connectivity index (χ0) is 22.3. The maximum Gasteiger partial charge on any atom is 0.120 e. The monoisotopic (exact) mass is 429 g/mol. The van der Waals surface area contributed by atoms with Crippen LogP contribution in [0.1, 0.15) is 16.7 Å².